The molecular weight excluding hydrogens is 603 g/mol. The van der Waals surface area contributed by atoms with E-state index in [4.69, 9.17) is 4.74 Å². The topological polar surface area (TPSA) is 118 Å². The van der Waals surface area contributed by atoms with Gasteiger partial charge in [-0.3, -0.25) is 23.9 Å². The maximum Gasteiger partial charge on any atom is 0.411 e. The first-order valence-corrected chi connectivity index (χ1v) is 16.5. The molecule has 2 bridgehead atoms. The molecule has 12 heteroatoms. The molecule has 11 nitrogen and oxygen atoms in total. The average molecular weight is 647 g/mol. The van der Waals surface area contributed by atoms with Crippen molar-refractivity contribution in [3.8, 4) is 5.69 Å². The summed E-state index contributed by atoms with van der Waals surface area (Å²) in [4.78, 5) is 59.6. The summed E-state index contributed by atoms with van der Waals surface area (Å²) >= 11 is 0. The van der Waals surface area contributed by atoms with Gasteiger partial charge in [-0.05, 0) is 97.9 Å². The summed E-state index contributed by atoms with van der Waals surface area (Å²) in [5.41, 5.74) is 0.606. The number of carbonyl (C=O) groups is 4. The number of fused-ring (bicyclic) bond motifs is 3. The number of aromatic nitrogens is 3. The van der Waals surface area contributed by atoms with Crippen LogP contribution in [0.3, 0.4) is 0 Å². The number of ketones is 1. The van der Waals surface area contributed by atoms with E-state index >= 15 is 0 Å². The average Bonchev–Trinajstić information content (AvgIpc) is 3.68. The lowest BCUT2D eigenvalue weighted by Gasteiger charge is -2.43. The minimum Gasteiger partial charge on any atom is -0.444 e. The third-order valence-electron chi connectivity index (χ3n) is 9.55. The number of hydrogen-bond donors (Lipinski definition) is 0. The SMILES string of the molecule is CC(C)N(C(=O)c1cc(F)ccc1-n1cc(C(=O)C2CN(C(=O)[C@@H]3[C@H]4CC[C@H](C4)N3C(=O)OC(C)(C)C)C2)c2ccnnc21)C(C)C. The first-order valence-electron chi connectivity index (χ1n) is 16.5. The lowest BCUT2D eigenvalue weighted by Crippen LogP contribution is -2.61. The first kappa shape index (κ1) is 32.6. The highest BCUT2D eigenvalue weighted by Crippen LogP contribution is 2.44. The molecule has 1 saturated carbocycles. The molecule has 0 radical (unpaired) electrons. The monoisotopic (exact) mass is 646 g/mol. The molecule has 3 fully saturated rings. The highest BCUT2D eigenvalue weighted by molar-refractivity contribution is 6.10. The van der Waals surface area contributed by atoms with Gasteiger partial charge in [0, 0.05) is 48.4 Å². The molecule has 0 spiro atoms. The maximum atomic E-state index is 14.6. The predicted octanol–water partition coefficient (Wildman–Crippen LogP) is 5.25. The minimum atomic E-state index is -0.672. The largest absolute Gasteiger partial charge is 0.444 e. The second kappa shape index (κ2) is 12.0. The van der Waals surface area contributed by atoms with E-state index < -0.39 is 29.5 Å². The van der Waals surface area contributed by atoms with Gasteiger partial charge < -0.3 is 14.5 Å². The van der Waals surface area contributed by atoms with Crippen molar-refractivity contribution in [3.63, 3.8) is 0 Å². The second-order valence-corrected chi connectivity index (χ2v) is 14.6. The minimum absolute atomic E-state index is 0.00821. The maximum absolute atomic E-state index is 14.6. The Bertz CT molecular complexity index is 1730. The number of likely N-dealkylation sites (tertiary alicyclic amines) is 2. The molecule has 6 rings (SSSR count). The van der Waals surface area contributed by atoms with Gasteiger partial charge in [-0.15, -0.1) is 5.10 Å². The molecule has 3 aliphatic rings. The Morgan fingerprint density at radius 2 is 1.70 bits per heavy atom. The van der Waals surface area contributed by atoms with E-state index in [-0.39, 0.29) is 60.3 Å². The molecule has 1 aromatic carbocycles. The summed E-state index contributed by atoms with van der Waals surface area (Å²) in [6, 6.07) is 4.85. The Labute approximate surface area is 274 Å². The van der Waals surface area contributed by atoms with Crippen LogP contribution in [0, 0.1) is 17.7 Å². The second-order valence-electron chi connectivity index (χ2n) is 14.6. The van der Waals surface area contributed by atoms with E-state index in [0.717, 1.165) is 19.3 Å². The summed E-state index contributed by atoms with van der Waals surface area (Å²) in [7, 11) is 0. The van der Waals surface area contributed by atoms with E-state index in [1.165, 1.54) is 24.4 Å². The number of rotatable bonds is 7. The van der Waals surface area contributed by atoms with E-state index in [9.17, 15) is 23.6 Å². The Kier molecular flexibility index (Phi) is 8.34. The Balaban J connectivity index is 1.25. The fourth-order valence-corrected chi connectivity index (χ4v) is 7.56. The van der Waals surface area contributed by atoms with E-state index in [0.29, 0.717) is 22.3 Å². The summed E-state index contributed by atoms with van der Waals surface area (Å²) in [5.74, 6) is -1.56. The summed E-state index contributed by atoms with van der Waals surface area (Å²) in [6.07, 6.45) is 5.19. The fourth-order valence-electron chi connectivity index (χ4n) is 7.56. The quantitative estimate of drug-likeness (QED) is 0.322. The molecule has 0 N–H and O–H groups in total. The number of amides is 3. The van der Waals surface area contributed by atoms with Crippen LogP contribution in [0.4, 0.5) is 9.18 Å². The van der Waals surface area contributed by atoms with Gasteiger partial charge >= 0.3 is 6.09 Å². The standard InChI is InChI=1S/C35H43FN6O5/c1-19(2)41(20(3)4)32(44)26-15-23(36)9-11-28(26)40-18-27(25-12-13-37-38-31(25)40)30(43)22-16-39(17-22)33(45)29-21-8-10-24(14-21)42(29)34(46)47-35(5,6)7/h9,11-13,15,18-22,24,29H,8,10,14,16-17H2,1-7H3/t21-,24+,29-/m0/s1. The first-order chi connectivity index (χ1) is 22.2. The van der Waals surface area contributed by atoms with Crippen LogP contribution in [0.2, 0.25) is 0 Å². The van der Waals surface area contributed by atoms with Crippen molar-refractivity contribution in [2.24, 2.45) is 11.8 Å². The zero-order valence-electron chi connectivity index (χ0n) is 28.1. The van der Waals surface area contributed by atoms with E-state index in [2.05, 4.69) is 10.2 Å². The Hall–Kier alpha value is -4.35. The molecule has 2 aliphatic heterocycles. The highest BCUT2D eigenvalue weighted by Gasteiger charge is 2.54. The molecule has 0 unspecified atom stereocenters. The predicted molar refractivity (Wildman–Crippen MR) is 173 cm³/mol. The van der Waals surface area contributed by atoms with E-state index in [1.54, 1.807) is 31.5 Å². The molecule has 4 heterocycles. The summed E-state index contributed by atoms with van der Waals surface area (Å²) in [6.45, 7) is 13.5. The number of hydrogen-bond acceptors (Lipinski definition) is 7. The van der Waals surface area contributed by atoms with Crippen LogP contribution in [0.25, 0.3) is 16.7 Å². The number of benzene rings is 1. The van der Waals surface area contributed by atoms with Crippen LogP contribution in [0.5, 0.6) is 0 Å². The molecular formula is C35H43FN6O5. The lowest BCUT2D eigenvalue weighted by molar-refractivity contribution is -0.143. The van der Waals surface area contributed by atoms with Gasteiger partial charge in [0.15, 0.2) is 11.4 Å². The molecule has 2 aromatic heterocycles. The zero-order valence-corrected chi connectivity index (χ0v) is 28.1. The van der Waals surface area contributed by atoms with Crippen molar-refractivity contribution in [1.29, 1.82) is 0 Å². The van der Waals surface area contributed by atoms with Crippen LogP contribution < -0.4 is 0 Å². The van der Waals surface area contributed by atoms with E-state index in [1.807, 2.05) is 48.5 Å². The van der Waals surface area contributed by atoms with Crippen molar-refractivity contribution in [2.75, 3.05) is 13.1 Å². The van der Waals surface area contributed by atoms with Crippen LogP contribution in [-0.2, 0) is 9.53 Å². The normalized spacial score (nSPS) is 21.1. The Morgan fingerprint density at radius 1 is 1.00 bits per heavy atom. The van der Waals surface area contributed by atoms with Crippen molar-refractivity contribution >= 4 is 34.7 Å². The zero-order chi connectivity index (χ0) is 33.9. The van der Waals surface area contributed by atoms with Gasteiger partial charge in [0.1, 0.15) is 17.5 Å². The third-order valence-corrected chi connectivity index (χ3v) is 9.55. The van der Waals surface area contributed by atoms with Crippen LogP contribution in [-0.4, -0.2) is 96.0 Å². The number of Topliss-reactive ketones (excluding diaryl/α,β-unsaturated/α-hetero) is 1. The molecule has 3 amide bonds. The molecule has 47 heavy (non-hydrogen) atoms. The number of nitrogens with zero attached hydrogens (tertiary/aromatic N) is 6. The third kappa shape index (κ3) is 5.87. The van der Waals surface area contributed by atoms with Gasteiger partial charge in [-0.1, -0.05) is 0 Å². The number of halogens is 1. The summed E-state index contributed by atoms with van der Waals surface area (Å²) < 4.78 is 21.9. The number of ether oxygens (including phenoxy) is 1. The van der Waals surface area contributed by atoms with Crippen molar-refractivity contribution in [1.82, 2.24) is 29.5 Å². The fraction of sp³-hybridized carbons (Fsp3) is 0.543. The van der Waals surface area contributed by atoms with Crippen LogP contribution in [0.1, 0.15) is 88.4 Å². The van der Waals surface area contributed by atoms with Crippen molar-refractivity contribution in [3.05, 3.63) is 53.6 Å². The van der Waals surface area contributed by atoms with Gasteiger partial charge in [-0.2, -0.15) is 5.10 Å². The van der Waals surface area contributed by atoms with Gasteiger partial charge in [0.05, 0.1) is 23.4 Å². The molecule has 250 valence electrons. The molecule has 1 aliphatic carbocycles. The van der Waals surface area contributed by atoms with Crippen molar-refractivity contribution in [2.45, 2.75) is 97.5 Å². The number of carbonyl (C=O) groups excluding carboxylic acids is 4. The Morgan fingerprint density at radius 3 is 2.36 bits per heavy atom. The lowest BCUT2D eigenvalue weighted by atomic mass is 9.88. The molecule has 3 aromatic rings. The molecule has 3 atom stereocenters. The van der Waals surface area contributed by atoms with Gasteiger partial charge in [0.25, 0.3) is 5.91 Å². The van der Waals surface area contributed by atoms with Crippen LogP contribution >= 0.6 is 0 Å². The number of piperidine rings is 1. The summed E-state index contributed by atoms with van der Waals surface area (Å²) in [5, 5.41) is 8.87. The molecule has 2 saturated heterocycles. The van der Waals surface area contributed by atoms with Crippen LogP contribution in [0.15, 0.2) is 36.7 Å². The smallest absolute Gasteiger partial charge is 0.411 e. The van der Waals surface area contributed by atoms with Gasteiger partial charge in [-0.25, -0.2) is 9.18 Å². The highest BCUT2D eigenvalue weighted by atomic mass is 19.1. The van der Waals surface area contributed by atoms with Crippen molar-refractivity contribution < 1.29 is 28.3 Å². The van der Waals surface area contributed by atoms with Gasteiger partial charge in [0.2, 0.25) is 5.91 Å².